The highest BCUT2D eigenvalue weighted by atomic mass is 15.1. The molecule has 0 aromatic carbocycles. The predicted molar refractivity (Wildman–Crippen MR) is 107 cm³/mol. The quantitative estimate of drug-likeness (QED) is 0.735. The maximum atomic E-state index is 6.05. The summed E-state index contributed by atoms with van der Waals surface area (Å²) in [5.41, 5.74) is 9.73. The van der Waals surface area contributed by atoms with Crippen molar-refractivity contribution in [3.05, 3.63) is 41.7 Å². The maximum absolute atomic E-state index is 6.05. The van der Waals surface area contributed by atoms with Crippen molar-refractivity contribution in [1.82, 2.24) is 24.5 Å². The lowest BCUT2D eigenvalue weighted by molar-refractivity contribution is 0.646. The van der Waals surface area contributed by atoms with Crippen LogP contribution >= 0.6 is 0 Å². The van der Waals surface area contributed by atoms with Crippen LogP contribution in [0.4, 0.5) is 5.82 Å². The summed E-state index contributed by atoms with van der Waals surface area (Å²) in [5, 5.41) is 0. The second kappa shape index (κ2) is 8.25. The van der Waals surface area contributed by atoms with Crippen LogP contribution in [0, 0.1) is 0 Å². The molecule has 3 aromatic rings. The monoisotopic (exact) mass is 354 g/mol. The molecule has 6 nitrogen and oxygen atoms in total. The smallest absolute Gasteiger partial charge is 0.164 e. The summed E-state index contributed by atoms with van der Waals surface area (Å²) in [6.45, 7) is 14.6. The zero-order valence-electron chi connectivity index (χ0n) is 16.9. The lowest BCUT2D eigenvalue weighted by Gasteiger charge is -2.17. The normalized spacial score (nSPS) is 12.3. The van der Waals surface area contributed by atoms with Crippen molar-refractivity contribution in [1.29, 1.82) is 0 Å². The number of hydrogen-bond acceptors (Lipinski definition) is 5. The molecular formula is C20H30N6. The van der Waals surface area contributed by atoms with Crippen molar-refractivity contribution in [2.24, 2.45) is 0 Å². The topological polar surface area (TPSA) is 82.5 Å². The summed E-state index contributed by atoms with van der Waals surface area (Å²) in [6.07, 6.45) is 3.53. The minimum atomic E-state index is -0.00127. The zero-order valence-corrected chi connectivity index (χ0v) is 16.9. The van der Waals surface area contributed by atoms with Crippen LogP contribution in [-0.2, 0) is 0 Å². The number of nitrogens with two attached hydrogens (primary N) is 1. The first-order chi connectivity index (χ1) is 12.4. The Bertz CT molecular complexity index is 866. The van der Waals surface area contributed by atoms with Crippen molar-refractivity contribution in [3.63, 3.8) is 0 Å². The van der Waals surface area contributed by atoms with Gasteiger partial charge in [-0.3, -0.25) is 0 Å². The van der Waals surface area contributed by atoms with Crippen molar-refractivity contribution >= 4 is 17.0 Å². The molecule has 0 radical (unpaired) electrons. The van der Waals surface area contributed by atoms with E-state index in [1.165, 1.54) is 0 Å². The molecular weight excluding hydrogens is 324 g/mol. The van der Waals surface area contributed by atoms with E-state index in [-0.39, 0.29) is 17.9 Å². The number of hydrogen-bond donors (Lipinski definition) is 1. The molecule has 1 unspecified atom stereocenters. The first-order valence-electron chi connectivity index (χ1n) is 9.34. The van der Waals surface area contributed by atoms with Gasteiger partial charge in [-0.1, -0.05) is 47.6 Å². The van der Waals surface area contributed by atoms with Crippen molar-refractivity contribution in [2.45, 2.75) is 66.3 Å². The fraction of sp³-hybridized carbons (Fsp3) is 0.500. The molecule has 0 saturated heterocycles. The molecule has 0 aliphatic carbocycles. The van der Waals surface area contributed by atoms with Gasteiger partial charge in [-0.25, -0.2) is 19.9 Å². The third-order valence-corrected chi connectivity index (χ3v) is 4.27. The van der Waals surface area contributed by atoms with Gasteiger partial charge in [0.15, 0.2) is 5.65 Å². The number of pyridine rings is 1. The Morgan fingerprint density at radius 1 is 0.962 bits per heavy atom. The summed E-state index contributed by atoms with van der Waals surface area (Å²) in [4.78, 5) is 18.3. The van der Waals surface area contributed by atoms with Gasteiger partial charge in [-0.15, -0.1) is 0 Å². The molecule has 0 bridgehead atoms. The Morgan fingerprint density at radius 3 is 2.23 bits per heavy atom. The van der Waals surface area contributed by atoms with Gasteiger partial charge in [-0.05, 0) is 18.9 Å². The third-order valence-electron chi connectivity index (χ3n) is 4.27. The Hall–Kier alpha value is -2.50. The second-order valence-corrected chi connectivity index (χ2v) is 6.75. The van der Waals surface area contributed by atoms with E-state index in [1.54, 1.807) is 6.20 Å². The van der Waals surface area contributed by atoms with E-state index in [4.69, 9.17) is 15.7 Å². The average molecular weight is 355 g/mol. The molecule has 0 spiro atoms. The van der Waals surface area contributed by atoms with Crippen LogP contribution in [0.1, 0.15) is 83.4 Å². The van der Waals surface area contributed by atoms with Crippen LogP contribution in [0.15, 0.2) is 24.7 Å². The molecule has 0 aliphatic rings. The summed E-state index contributed by atoms with van der Waals surface area (Å²) in [6, 6.07) is 3.89. The second-order valence-electron chi connectivity index (χ2n) is 6.75. The van der Waals surface area contributed by atoms with Gasteiger partial charge in [0.1, 0.15) is 17.2 Å². The van der Waals surface area contributed by atoms with Crippen LogP contribution in [0.3, 0.4) is 0 Å². The number of nitrogens with zero attached hydrogens (tertiary/aromatic N) is 5. The molecule has 3 aromatic heterocycles. The summed E-state index contributed by atoms with van der Waals surface area (Å²) in [7, 11) is 0. The SMILES string of the molecule is CC.CC(C)c1nc(C(C)C)c2ncn(C(C)c3cccnc3N)c2n1. The maximum Gasteiger partial charge on any atom is 0.164 e. The lowest BCUT2D eigenvalue weighted by atomic mass is 10.1. The van der Waals surface area contributed by atoms with Gasteiger partial charge in [-0.2, -0.15) is 0 Å². The van der Waals surface area contributed by atoms with E-state index >= 15 is 0 Å². The molecule has 3 heterocycles. The zero-order chi connectivity index (χ0) is 19.4. The highest BCUT2D eigenvalue weighted by molar-refractivity contribution is 5.74. The van der Waals surface area contributed by atoms with Crippen LogP contribution < -0.4 is 5.73 Å². The molecule has 0 fully saturated rings. The highest BCUT2D eigenvalue weighted by Gasteiger charge is 2.20. The lowest BCUT2D eigenvalue weighted by Crippen LogP contribution is -2.11. The van der Waals surface area contributed by atoms with Gasteiger partial charge < -0.3 is 10.3 Å². The van der Waals surface area contributed by atoms with Crippen LogP contribution in [0.2, 0.25) is 0 Å². The van der Waals surface area contributed by atoms with Crippen LogP contribution in [0.25, 0.3) is 11.2 Å². The van der Waals surface area contributed by atoms with Crippen molar-refractivity contribution in [3.8, 4) is 0 Å². The van der Waals surface area contributed by atoms with E-state index in [2.05, 4.69) is 49.2 Å². The van der Waals surface area contributed by atoms with Gasteiger partial charge in [0.25, 0.3) is 0 Å². The third kappa shape index (κ3) is 3.69. The molecule has 0 aliphatic heterocycles. The number of aromatic nitrogens is 5. The fourth-order valence-electron chi connectivity index (χ4n) is 2.83. The summed E-state index contributed by atoms with van der Waals surface area (Å²) < 4.78 is 2.06. The Labute approximate surface area is 155 Å². The standard InChI is InChI=1S/C18H24N6.C2H6/c1-10(2)14-15-18(23-17(22-14)11(3)4)24(9-21-15)12(5)13-7-6-8-20-16(13)19;1-2/h6-12H,1-5H3,(H2,19,20);1-2H3. The molecule has 0 amide bonds. The predicted octanol–water partition coefficient (Wildman–Crippen LogP) is 4.69. The van der Waals surface area contributed by atoms with E-state index < -0.39 is 0 Å². The van der Waals surface area contributed by atoms with Crippen LogP contribution in [-0.4, -0.2) is 24.5 Å². The number of nitrogen functional groups attached to an aromatic ring is 1. The van der Waals surface area contributed by atoms with E-state index in [9.17, 15) is 0 Å². The number of anilines is 1. The molecule has 6 heteroatoms. The number of imidazole rings is 1. The van der Waals surface area contributed by atoms with Gasteiger partial charge >= 0.3 is 0 Å². The van der Waals surface area contributed by atoms with E-state index in [1.807, 2.05) is 32.3 Å². The molecule has 1 atom stereocenters. The van der Waals surface area contributed by atoms with Gasteiger partial charge in [0, 0.05) is 17.7 Å². The molecule has 26 heavy (non-hydrogen) atoms. The summed E-state index contributed by atoms with van der Waals surface area (Å²) in [5.74, 6) is 1.93. The Balaban J connectivity index is 0.00000117. The Morgan fingerprint density at radius 2 is 1.65 bits per heavy atom. The molecule has 3 rings (SSSR count). The minimum Gasteiger partial charge on any atom is -0.383 e. The molecule has 2 N–H and O–H groups in total. The van der Waals surface area contributed by atoms with Crippen molar-refractivity contribution in [2.75, 3.05) is 5.73 Å². The average Bonchev–Trinajstić information content (AvgIpc) is 3.06. The molecule has 0 saturated carbocycles. The fourth-order valence-corrected chi connectivity index (χ4v) is 2.83. The van der Waals surface area contributed by atoms with Crippen LogP contribution in [0.5, 0.6) is 0 Å². The van der Waals surface area contributed by atoms with Crippen molar-refractivity contribution < 1.29 is 0 Å². The van der Waals surface area contributed by atoms with E-state index in [0.717, 1.165) is 28.2 Å². The van der Waals surface area contributed by atoms with Gasteiger partial charge in [0.05, 0.1) is 18.1 Å². The minimum absolute atomic E-state index is 0.00127. The molecule has 140 valence electrons. The largest absolute Gasteiger partial charge is 0.383 e. The summed E-state index contributed by atoms with van der Waals surface area (Å²) >= 11 is 0. The number of fused-ring (bicyclic) bond motifs is 1. The van der Waals surface area contributed by atoms with E-state index in [0.29, 0.717) is 5.82 Å². The van der Waals surface area contributed by atoms with Gasteiger partial charge in [0.2, 0.25) is 0 Å². The first-order valence-corrected chi connectivity index (χ1v) is 9.34. The Kier molecular flexibility index (Phi) is 6.29. The highest BCUT2D eigenvalue weighted by Crippen LogP contribution is 2.29. The first kappa shape index (κ1) is 19.8. The number of rotatable bonds is 4.